The molecule has 1 heterocycles. The third-order valence-corrected chi connectivity index (χ3v) is 4.14. The molecule has 1 aliphatic heterocycles. The van der Waals surface area contributed by atoms with Crippen LogP contribution in [0.15, 0.2) is 18.2 Å². The number of nitrogens with two attached hydrogens (primary N) is 1. The summed E-state index contributed by atoms with van der Waals surface area (Å²) in [7, 11) is 4.34. The van der Waals surface area contributed by atoms with E-state index in [1.807, 2.05) is 18.2 Å². The van der Waals surface area contributed by atoms with E-state index in [1.54, 1.807) is 0 Å². The highest BCUT2D eigenvalue weighted by Crippen LogP contribution is 2.25. The molecule has 1 aromatic rings. The van der Waals surface area contributed by atoms with Gasteiger partial charge in [0.05, 0.1) is 0 Å². The van der Waals surface area contributed by atoms with Gasteiger partial charge in [-0.3, -0.25) is 4.90 Å². The van der Waals surface area contributed by atoms with Gasteiger partial charge in [-0.2, -0.15) is 0 Å². The van der Waals surface area contributed by atoms with Crippen LogP contribution in [-0.4, -0.2) is 43.0 Å². The normalized spacial score (nSPS) is 21.4. The minimum Gasteiger partial charge on any atom is -0.398 e. The third kappa shape index (κ3) is 3.16. The first-order valence-electron chi connectivity index (χ1n) is 6.49. The zero-order chi connectivity index (χ0) is 13.1. The highest BCUT2D eigenvalue weighted by atomic mass is 35.5. The number of nitrogen functional groups attached to an aromatic ring is 1. The van der Waals surface area contributed by atoms with Crippen LogP contribution in [0.5, 0.6) is 0 Å². The highest BCUT2D eigenvalue weighted by Gasteiger charge is 2.21. The number of anilines is 1. The van der Waals surface area contributed by atoms with Gasteiger partial charge in [-0.1, -0.05) is 17.7 Å². The van der Waals surface area contributed by atoms with Crippen molar-refractivity contribution in [2.75, 3.05) is 32.9 Å². The summed E-state index contributed by atoms with van der Waals surface area (Å²) >= 11 is 6.22. The van der Waals surface area contributed by atoms with Gasteiger partial charge in [0.25, 0.3) is 0 Å². The molecule has 1 aliphatic rings. The molecule has 18 heavy (non-hydrogen) atoms. The van der Waals surface area contributed by atoms with Crippen molar-refractivity contribution in [3.8, 4) is 0 Å². The van der Waals surface area contributed by atoms with Gasteiger partial charge in [0.2, 0.25) is 0 Å². The molecule has 1 unspecified atom stereocenters. The fourth-order valence-electron chi connectivity index (χ4n) is 2.62. The summed E-state index contributed by atoms with van der Waals surface area (Å²) in [4.78, 5) is 4.76. The minimum absolute atomic E-state index is 0.597. The van der Waals surface area contributed by atoms with Crippen LogP contribution in [0.3, 0.4) is 0 Å². The van der Waals surface area contributed by atoms with Gasteiger partial charge in [0, 0.05) is 35.4 Å². The van der Waals surface area contributed by atoms with Crippen LogP contribution >= 0.6 is 11.6 Å². The van der Waals surface area contributed by atoms with Crippen molar-refractivity contribution in [3.63, 3.8) is 0 Å². The van der Waals surface area contributed by atoms with Gasteiger partial charge in [0.1, 0.15) is 0 Å². The summed E-state index contributed by atoms with van der Waals surface area (Å²) < 4.78 is 0. The number of likely N-dealkylation sites (tertiary alicyclic amines) is 1. The molecule has 4 heteroatoms. The quantitative estimate of drug-likeness (QED) is 0.854. The molecule has 0 aliphatic carbocycles. The largest absolute Gasteiger partial charge is 0.398 e. The Kier molecular flexibility index (Phi) is 4.49. The Labute approximate surface area is 115 Å². The second kappa shape index (κ2) is 5.91. The number of piperidine rings is 1. The standard InChI is InChI=1S/C14H22ClN3/c1-17-8-4-5-11(9-17)18(2)10-12-13(15)6-3-7-14(12)16/h3,6-7,11H,4-5,8-10,16H2,1-2H3. The molecule has 0 radical (unpaired) electrons. The van der Waals surface area contributed by atoms with Crippen LogP contribution in [0.4, 0.5) is 5.69 Å². The fraction of sp³-hybridized carbons (Fsp3) is 0.571. The topological polar surface area (TPSA) is 32.5 Å². The predicted molar refractivity (Wildman–Crippen MR) is 77.9 cm³/mol. The van der Waals surface area contributed by atoms with Crippen molar-refractivity contribution in [3.05, 3.63) is 28.8 Å². The Bertz CT molecular complexity index is 388. The van der Waals surface area contributed by atoms with Gasteiger partial charge in [-0.15, -0.1) is 0 Å². The fourth-order valence-corrected chi connectivity index (χ4v) is 2.86. The van der Waals surface area contributed by atoms with Crippen molar-refractivity contribution in [1.29, 1.82) is 0 Å². The van der Waals surface area contributed by atoms with E-state index >= 15 is 0 Å². The van der Waals surface area contributed by atoms with Gasteiger partial charge < -0.3 is 10.6 Å². The van der Waals surface area contributed by atoms with Crippen molar-refractivity contribution in [1.82, 2.24) is 9.80 Å². The van der Waals surface area contributed by atoms with Crippen LogP contribution in [0.1, 0.15) is 18.4 Å². The van der Waals surface area contributed by atoms with E-state index in [0.717, 1.165) is 29.4 Å². The van der Waals surface area contributed by atoms with Crippen LogP contribution in [-0.2, 0) is 6.54 Å². The zero-order valence-corrected chi connectivity index (χ0v) is 12.0. The maximum atomic E-state index is 6.22. The molecule has 1 fully saturated rings. The van der Waals surface area contributed by atoms with Gasteiger partial charge >= 0.3 is 0 Å². The van der Waals surface area contributed by atoms with E-state index < -0.39 is 0 Å². The van der Waals surface area contributed by atoms with E-state index in [0.29, 0.717) is 6.04 Å². The molecule has 0 aromatic heterocycles. The van der Waals surface area contributed by atoms with Crippen molar-refractivity contribution in [2.45, 2.75) is 25.4 Å². The number of likely N-dealkylation sites (N-methyl/N-ethyl adjacent to an activating group) is 2. The van der Waals surface area contributed by atoms with E-state index in [2.05, 4.69) is 23.9 Å². The Hall–Kier alpha value is -0.770. The van der Waals surface area contributed by atoms with E-state index in [1.165, 1.54) is 19.4 Å². The molecule has 2 rings (SSSR count). The van der Waals surface area contributed by atoms with Gasteiger partial charge in [0.15, 0.2) is 0 Å². The lowest BCUT2D eigenvalue weighted by molar-refractivity contribution is 0.129. The lowest BCUT2D eigenvalue weighted by Crippen LogP contribution is -2.44. The summed E-state index contributed by atoms with van der Waals surface area (Å²) in [6.07, 6.45) is 2.52. The van der Waals surface area contributed by atoms with E-state index in [9.17, 15) is 0 Å². The number of rotatable bonds is 3. The smallest absolute Gasteiger partial charge is 0.0471 e. The van der Waals surface area contributed by atoms with E-state index in [4.69, 9.17) is 17.3 Å². The zero-order valence-electron chi connectivity index (χ0n) is 11.2. The van der Waals surface area contributed by atoms with Crippen LogP contribution in [0.2, 0.25) is 5.02 Å². The summed E-state index contributed by atoms with van der Waals surface area (Å²) in [6.45, 7) is 3.16. The van der Waals surface area contributed by atoms with Crippen molar-refractivity contribution >= 4 is 17.3 Å². The number of benzene rings is 1. The average Bonchev–Trinajstić information content (AvgIpc) is 2.34. The summed E-state index contributed by atoms with van der Waals surface area (Å²) in [5.74, 6) is 0. The number of hydrogen-bond donors (Lipinski definition) is 1. The number of hydrogen-bond acceptors (Lipinski definition) is 3. The Morgan fingerprint density at radius 1 is 1.50 bits per heavy atom. The monoisotopic (exact) mass is 267 g/mol. The molecular weight excluding hydrogens is 246 g/mol. The Balaban J connectivity index is 2.04. The summed E-state index contributed by atoms with van der Waals surface area (Å²) in [5.41, 5.74) is 7.85. The molecule has 1 aromatic carbocycles. The molecule has 100 valence electrons. The van der Waals surface area contributed by atoms with Crippen molar-refractivity contribution < 1.29 is 0 Å². The molecule has 0 bridgehead atoms. The molecule has 2 N–H and O–H groups in total. The summed E-state index contributed by atoms with van der Waals surface area (Å²) in [5, 5.41) is 0.769. The van der Waals surface area contributed by atoms with E-state index in [-0.39, 0.29) is 0 Å². The predicted octanol–water partition coefficient (Wildman–Crippen LogP) is 2.45. The van der Waals surface area contributed by atoms with Crippen LogP contribution in [0.25, 0.3) is 0 Å². The first-order chi connectivity index (χ1) is 8.58. The Morgan fingerprint density at radius 3 is 2.94 bits per heavy atom. The molecule has 1 atom stereocenters. The van der Waals surface area contributed by atoms with Gasteiger partial charge in [-0.25, -0.2) is 0 Å². The molecule has 3 nitrogen and oxygen atoms in total. The second-order valence-corrected chi connectivity index (χ2v) is 5.69. The maximum Gasteiger partial charge on any atom is 0.0471 e. The maximum absolute atomic E-state index is 6.22. The van der Waals surface area contributed by atoms with Crippen molar-refractivity contribution in [2.24, 2.45) is 0 Å². The lowest BCUT2D eigenvalue weighted by atomic mass is 10.0. The average molecular weight is 268 g/mol. The second-order valence-electron chi connectivity index (χ2n) is 5.28. The van der Waals surface area contributed by atoms with Crippen LogP contribution < -0.4 is 5.73 Å². The van der Waals surface area contributed by atoms with Crippen LogP contribution in [0, 0.1) is 0 Å². The molecule has 0 amide bonds. The first-order valence-corrected chi connectivity index (χ1v) is 6.87. The third-order valence-electron chi connectivity index (χ3n) is 3.79. The molecule has 0 spiro atoms. The minimum atomic E-state index is 0.597. The number of nitrogens with zero attached hydrogens (tertiary/aromatic N) is 2. The molecule has 0 saturated carbocycles. The number of halogens is 1. The first kappa shape index (κ1) is 13.7. The Morgan fingerprint density at radius 2 is 2.28 bits per heavy atom. The molecular formula is C14H22ClN3. The summed E-state index contributed by atoms with van der Waals surface area (Å²) in [6, 6.07) is 6.32. The SMILES string of the molecule is CN1CCCC(N(C)Cc2c(N)cccc2Cl)C1. The highest BCUT2D eigenvalue weighted by molar-refractivity contribution is 6.31. The lowest BCUT2D eigenvalue weighted by Gasteiger charge is -2.36. The molecule has 1 saturated heterocycles. The van der Waals surface area contributed by atoms with Gasteiger partial charge in [-0.05, 0) is 45.6 Å².